The number of hydrogen-bond donors (Lipinski definition) is 1. The van der Waals surface area contributed by atoms with Gasteiger partial charge >= 0.3 is 5.97 Å². The molecule has 6 heteroatoms. The van der Waals surface area contributed by atoms with Crippen LogP contribution < -0.4 is 5.32 Å². The highest BCUT2D eigenvalue weighted by Crippen LogP contribution is 2.45. The third-order valence-electron chi connectivity index (χ3n) is 6.39. The zero-order valence-electron chi connectivity index (χ0n) is 23.2. The van der Waals surface area contributed by atoms with E-state index in [4.69, 9.17) is 0 Å². The van der Waals surface area contributed by atoms with E-state index in [1.807, 2.05) is 17.8 Å². The van der Waals surface area contributed by atoms with Gasteiger partial charge in [0.1, 0.15) is 0 Å². The first-order chi connectivity index (χ1) is 17.4. The van der Waals surface area contributed by atoms with Crippen LogP contribution in [0.4, 0.5) is 0 Å². The van der Waals surface area contributed by atoms with Gasteiger partial charge in [-0.1, -0.05) is 58.9 Å². The fourth-order valence-electron chi connectivity index (χ4n) is 4.35. The van der Waals surface area contributed by atoms with Crippen molar-refractivity contribution in [1.29, 1.82) is 0 Å². The van der Waals surface area contributed by atoms with Gasteiger partial charge in [-0.15, -0.1) is 23.1 Å². The Hall–Kier alpha value is -2.57. The molecule has 0 spiro atoms. The van der Waals surface area contributed by atoms with E-state index in [-0.39, 0.29) is 35.5 Å². The topological polar surface area (TPSA) is 55.4 Å². The second-order valence-electron chi connectivity index (χ2n) is 10.8. The van der Waals surface area contributed by atoms with Crippen LogP contribution in [-0.2, 0) is 14.9 Å². The molecule has 0 bridgehead atoms. The molecular formula is C31H39NO3S2. The number of aryl methyl sites for hydroxylation is 2. The Morgan fingerprint density at radius 1 is 1.00 bits per heavy atom. The molecule has 0 saturated carbocycles. The Labute approximate surface area is 230 Å². The predicted molar refractivity (Wildman–Crippen MR) is 157 cm³/mol. The SMILES string of the molecule is COC(=O)CCNC(=O)c1ccc(C(Sc2cc(C)c(-c3ccc(C(C)(C)C)cc3)c(C)c2)C(C)C)s1. The maximum Gasteiger partial charge on any atom is 0.307 e. The standard InChI is InChI=1S/C31H39NO3S2/c1-19(2)29(25-13-14-26(37-25)30(34)32-16-15-27(33)35-8)36-24-17-20(3)28(21(4)18-24)22-9-11-23(12-10-22)31(5,6)7/h9-14,17-19,29H,15-16H2,1-8H3,(H,32,34). The maximum atomic E-state index is 12.6. The first kappa shape index (κ1) is 29.0. The number of amides is 1. The minimum absolute atomic E-state index is 0.139. The molecule has 37 heavy (non-hydrogen) atoms. The van der Waals surface area contributed by atoms with Crippen molar-refractivity contribution in [3.63, 3.8) is 0 Å². The highest BCUT2D eigenvalue weighted by molar-refractivity contribution is 7.99. The molecule has 0 saturated heterocycles. The van der Waals surface area contributed by atoms with Crippen molar-refractivity contribution < 1.29 is 14.3 Å². The van der Waals surface area contributed by atoms with Crippen LogP contribution in [0.1, 0.15) is 77.5 Å². The third-order valence-corrected chi connectivity index (χ3v) is 9.26. The smallest absolute Gasteiger partial charge is 0.307 e. The van der Waals surface area contributed by atoms with E-state index in [2.05, 4.69) is 101 Å². The molecule has 1 aromatic heterocycles. The largest absolute Gasteiger partial charge is 0.469 e. The lowest BCUT2D eigenvalue weighted by Gasteiger charge is -2.22. The summed E-state index contributed by atoms with van der Waals surface area (Å²) in [5.41, 5.74) is 6.57. The van der Waals surface area contributed by atoms with E-state index in [1.165, 1.54) is 56.0 Å². The quantitative estimate of drug-likeness (QED) is 0.221. The number of esters is 1. The van der Waals surface area contributed by atoms with Crippen LogP contribution in [0.2, 0.25) is 0 Å². The van der Waals surface area contributed by atoms with Gasteiger partial charge < -0.3 is 10.1 Å². The molecule has 3 rings (SSSR count). The van der Waals surface area contributed by atoms with E-state index in [0.29, 0.717) is 10.8 Å². The van der Waals surface area contributed by atoms with Crippen LogP contribution in [-0.4, -0.2) is 25.5 Å². The van der Waals surface area contributed by atoms with Crippen molar-refractivity contribution in [1.82, 2.24) is 5.32 Å². The summed E-state index contributed by atoms with van der Waals surface area (Å²) in [6.45, 7) is 15.8. The average molecular weight is 538 g/mol. The normalized spacial score (nSPS) is 12.5. The molecule has 1 unspecified atom stereocenters. The van der Waals surface area contributed by atoms with Gasteiger partial charge in [-0.25, -0.2) is 0 Å². The molecule has 0 aliphatic carbocycles. The lowest BCUT2D eigenvalue weighted by atomic mass is 9.85. The number of nitrogens with one attached hydrogen (secondary N) is 1. The summed E-state index contributed by atoms with van der Waals surface area (Å²) < 4.78 is 4.63. The third kappa shape index (κ3) is 7.48. The number of carbonyl (C=O) groups excluding carboxylic acids is 2. The maximum absolute atomic E-state index is 12.6. The fraction of sp³-hybridized carbons (Fsp3) is 0.419. The molecule has 0 fully saturated rings. The summed E-state index contributed by atoms with van der Waals surface area (Å²) in [7, 11) is 1.35. The van der Waals surface area contributed by atoms with Crippen LogP contribution in [0, 0.1) is 19.8 Å². The van der Waals surface area contributed by atoms with E-state index in [1.54, 1.807) is 0 Å². The van der Waals surface area contributed by atoms with Gasteiger partial charge in [-0.2, -0.15) is 0 Å². The second kappa shape index (κ2) is 12.3. The van der Waals surface area contributed by atoms with Gasteiger partial charge in [0.05, 0.1) is 18.4 Å². The number of thioether (sulfide) groups is 1. The molecule has 4 nitrogen and oxygen atoms in total. The summed E-state index contributed by atoms with van der Waals surface area (Å²) in [5, 5.41) is 3.04. The fourth-order valence-corrected chi connectivity index (χ4v) is 6.97. The van der Waals surface area contributed by atoms with E-state index < -0.39 is 0 Å². The Kier molecular flexibility index (Phi) is 9.65. The average Bonchev–Trinajstić information content (AvgIpc) is 3.31. The summed E-state index contributed by atoms with van der Waals surface area (Å²) in [5.74, 6) is -0.0905. The summed E-state index contributed by atoms with van der Waals surface area (Å²) in [4.78, 5) is 26.9. The van der Waals surface area contributed by atoms with Crippen molar-refractivity contribution in [2.45, 2.75) is 70.4 Å². The number of carbonyl (C=O) groups is 2. The monoisotopic (exact) mass is 537 g/mol. The molecule has 1 atom stereocenters. The lowest BCUT2D eigenvalue weighted by molar-refractivity contribution is -0.140. The molecule has 0 aliphatic rings. The van der Waals surface area contributed by atoms with Crippen molar-refractivity contribution in [2.24, 2.45) is 5.92 Å². The van der Waals surface area contributed by atoms with Crippen molar-refractivity contribution in [3.8, 4) is 11.1 Å². The Balaban J connectivity index is 1.77. The molecule has 1 amide bonds. The number of thiophene rings is 1. The predicted octanol–water partition coefficient (Wildman–Crippen LogP) is 8.11. The number of benzene rings is 2. The van der Waals surface area contributed by atoms with Crippen LogP contribution >= 0.6 is 23.1 Å². The van der Waals surface area contributed by atoms with Gasteiger partial charge in [-0.05, 0) is 77.3 Å². The van der Waals surface area contributed by atoms with Crippen molar-refractivity contribution in [2.75, 3.05) is 13.7 Å². The van der Waals surface area contributed by atoms with E-state index in [0.717, 1.165) is 0 Å². The van der Waals surface area contributed by atoms with Crippen molar-refractivity contribution >= 4 is 35.0 Å². The Morgan fingerprint density at radius 2 is 1.62 bits per heavy atom. The Bertz CT molecular complexity index is 1210. The summed E-state index contributed by atoms with van der Waals surface area (Å²) in [6, 6.07) is 17.5. The lowest BCUT2D eigenvalue weighted by Crippen LogP contribution is -2.25. The van der Waals surface area contributed by atoms with E-state index in [9.17, 15) is 9.59 Å². The Morgan fingerprint density at radius 3 is 2.16 bits per heavy atom. The molecule has 1 heterocycles. The van der Waals surface area contributed by atoms with Gasteiger partial charge in [0.15, 0.2) is 0 Å². The van der Waals surface area contributed by atoms with Gasteiger partial charge in [0.2, 0.25) is 0 Å². The molecular weight excluding hydrogens is 498 g/mol. The first-order valence-corrected chi connectivity index (χ1v) is 14.4. The van der Waals surface area contributed by atoms with Crippen LogP contribution in [0.3, 0.4) is 0 Å². The second-order valence-corrected chi connectivity index (χ2v) is 13.2. The van der Waals surface area contributed by atoms with Crippen LogP contribution in [0.25, 0.3) is 11.1 Å². The van der Waals surface area contributed by atoms with Crippen LogP contribution in [0.15, 0.2) is 53.4 Å². The van der Waals surface area contributed by atoms with E-state index >= 15 is 0 Å². The highest BCUT2D eigenvalue weighted by atomic mass is 32.2. The zero-order valence-corrected chi connectivity index (χ0v) is 24.9. The number of rotatable bonds is 9. The van der Waals surface area contributed by atoms with Gasteiger partial charge in [-0.3, -0.25) is 9.59 Å². The number of ether oxygens (including phenoxy) is 1. The molecule has 1 N–H and O–H groups in total. The molecule has 198 valence electrons. The molecule has 3 aromatic rings. The summed E-state index contributed by atoms with van der Waals surface area (Å²) >= 11 is 3.38. The minimum Gasteiger partial charge on any atom is -0.469 e. The zero-order chi connectivity index (χ0) is 27.3. The number of methoxy groups -OCH3 is 1. The molecule has 0 aliphatic heterocycles. The molecule has 0 radical (unpaired) electrons. The molecule has 2 aromatic carbocycles. The summed E-state index contributed by atoms with van der Waals surface area (Å²) in [6.07, 6.45) is 0.167. The van der Waals surface area contributed by atoms with Crippen molar-refractivity contribution in [3.05, 3.63) is 75.0 Å². The minimum atomic E-state index is -0.332. The highest BCUT2D eigenvalue weighted by Gasteiger charge is 2.22. The first-order valence-electron chi connectivity index (χ1n) is 12.7. The van der Waals surface area contributed by atoms with Gasteiger partial charge in [0, 0.05) is 21.6 Å². The van der Waals surface area contributed by atoms with Gasteiger partial charge in [0.25, 0.3) is 5.91 Å². The van der Waals surface area contributed by atoms with Crippen LogP contribution in [0.5, 0.6) is 0 Å². The number of hydrogen-bond acceptors (Lipinski definition) is 5.